The molecule has 6 heteroatoms. The molecule has 0 aliphatic carbocycles. The molecule has 2 amide bonds. The van der Waals surface area contributed by atoms with Crippen molar-refractivity contribution in [3.63, 3.8) is 0 Å². The number of fused-ring (bicyclic) bond motifs is 1. The molecule has 0 saturated carbocycles. The van der Waals surface area contributed by atoms with Crippen LogP contribution in [0.1, 0.15) is 28.9 Å². The number of carbonyl (C=O) groups excluding carboxylic acids is 2. The molecule has 2 aromatic heterocycles. The molecule has 5 nitrogen and oxygen atoms in total. The summed E-state index contributed by atoms with van der Waals surface area (Å²) in [6.45, 7) is 1.83. The summed E-state index contributed by atoms with van der Waals surface area (Å²) in [4.78, 5) is 27.5. The van der Waals surface area contributed by atoms with Gasteiger partial charge in [-0.25, -0.2) is 0 Å². The predicted octanol–water partition coefficient (Wildman–Crippen LogP) is 3.45. The largest absolute Gasteiger partial charge is 0.355 e. The summed E-state index contributed by atoms with van der Waals surface area (Å²) >= 11 is 1.64. The Morgan fingerprint density at radius 3 is 2.82 bits per heavy atom. The maximum Gasteiger partial charge on any atom is 0.270 e. The number of aryl methyl sites for hydroxylation is 1. The van der Waals surface area contributed by atoms with Gasteiger partial charge in [0, 0.05) is 26.7 Å². The molecule has 3 heterocycles. The molecule has 1 aromatic carbocycles. The number of aromatic nitrogens is 1. The number of hydrogen-bond acceptors (Lipinski definition) is 3. The maximum atomic E-state index is 13.0. The number of hydrogen-bond donors (Lipinski definition) is 1. The minimum atomic E-state index is -0.130. The van der Waals surface area contributed by atoms with Gasteiger partial charge in [-0.05, 0) is 42.3 Å². The second-order valence-corrected chi connectivity index (χ2v) is 8.32. The van der Waals surface area contributed by atoms with E-state index in [1.165, 1.54) is 5.56 Å². The zero-order chi connectivity index (χ0) is 19.5. The average Bonchev–Trinajstić information content (AvgIpc) is 3.31. The third-order valence-corrected chi connectivity index (χ3v) is 6.37. The first-order valence-electron chi connectivity index (χ1n) is 9.77. The van der Waals surface area contributed by atoms with Crippen molar-refractivity contribution in [3.8, 4) is 0 Å². The quantitative estimate of drug-likeness (QED) is 0.719. The Morgan fingerprint density at radius 1 is 1.21 bits per heavy atom. The van der Waals surface area contributed by atoms with Crippen LogP contribution in [-0.2, 0) is 18.3 Å². The molecule has 146 valence electrons. The van der Waals surface area contributed by atoms with E-state index in [0.717, 1.165) is 29.5 Å². The van der Waals surface area contributed by atoms with Gasteiger partial charge < -0.3 is 14.8 Å². The molecular weight excluding hydrogens is 370 g/mol. The average molecular weight is 396 g/mol. The summed E-state index contributed by atoms with van der Waals surface area (Å²) in [5.41, 5.74) is 3.00. The molecule has 4 rings (SSSR count). The number of thiophene rings is 1. The van der Waals surface area contributed by atoms with Crippen LogP contribution < -0.4 is 5.32 Å². The number of carbonyl (C=O) groups is 2. The lowest BCUT2D eigenvalue weighted by atomic mass is 9.96. The van der Waals surface area contributed by atoms with Gasteiger partial charge in [0.1, 0.15) is 5.69 Å². The van der Waals surface area contributed by atoms with Crippen molar-refractivity contribution in [1.82, 2.24) is 14.8 Å². The van der Waals surface area contributed by atoms with Crippen molar-refractivity contribution in [2.45, 2.75) is 19.3 Å². The second kappa shape index (κ2) is 8.19. The molecule has 1 aliphatic rings. The third kappa shape index (κ3) is 3.83. The van der Waals surface area contributed by atoms with E-state index in [1.807, 2.05) is 52.2 Å². The highest BCUT2D eigenvalue weighted by Gasteiger charge is 2.30. The van der Waals surface area contributed by atoms with Gasteiger partial charge in [0.2, 0.25) is 5.91 Å². The number of likely N-dealkylation sites (tertiary alicyclic amines) is 1. The SMILES string of the molecule is Cn1c(C(=O)N2CCC[C@@H](C(=O)NCCc3ccccc3)C2)cc2sccc21. The number of benzene rings is 1. The van der Waals surface area contributed by atoms with Crippen molar-refractivity contribution in [2.24, 2.45) is 13.0 Å². The highest BCUT2D eigenvalue weighted by Crippen LogP contribution is 2.26. The van der Waals surface area contributed by atoms with E-state index in [1.54, 1.807) is 11.3 Å². The van der Waals surface area contributed by atoms with Gasteiger partial charge in [-0.3, -0.25) is 9.59 Å². The second-order valence-electron chi connectivity index (χ2n) is 7.38. The number of nitrogens with one attached hydrogen (secondary N) is 1. The van der Waals surface area contributed by atoms with Crippen LogP contribution in [0.3, 0.4) is 0 Å². The Labute approximate surface area is 169 Å². The fourth-order valence-electron chi connectivity index (χ4n) is 3.91. The summed E-state index contributed by atoms with van der Waals surface area (Å²) in [7, 11) is 1.93. The summed E-state index contributed by atoms with van der Waals surface area (Å²) in [6.07, 6.45) is 2.52. The van der Waals surface area contributed by atoms with E-state index < -0.39 is 0 Å². The fourth-order valence-corrected chi connectivity index (χ4v) is 4.76. The van der Waals surface area contributed by atoms with E-state index in [-0.39, 0.29) is 17.7 Å². The van der Waals surface area contributed by atoms with Gasteiger partial charge in [0.25, 0.3) is 5.91 Å². The van der Waals surface area contributed by atoms with Crippen molar-refractivity contribution in [2.75, 3.05) is 19.6 Å². The zero-order valence-electron chi connectivity index (χ0n) is 16.1. The first-order chi connectivity index (χ1) is 13.6. The molecule has 1 aliphatic heterocycles. The molecule has 0 spiro atoms. The van der Waals surface area contributed by atoms with Crippen LogP contribution in [0.25, 0.3) is 10.2 Å². The predicted molar refractivity (Wildman–Crippen MR) is 113 cm³/mol. The zero-order valence-corrected chi connectivity index (χ0v) is 16.9. The van der Waals surface area contributed by atoms with Crippen molar-refractivity contribution in [3.05, 3.63) is 59.1 Å². The minimum Gasteiger partial charge on any atom is -0.355 e. The standard InChI is InChI=1S/C22H25N3O2S/c1-24-18-10-13-28-20(18)14-19(24)22(27)25-12-5-8-17(15-25)21(26)23-11-9-16-6-3-2-4-7-16/h2-4,6-7,10,13-14,17H,5,8-9,11-12,15H2,1H3,(H,23,26)/t17-/m1/s1. The van der Waals surface area contributed by atoms with Crippen LogP contribution in [0.5, 0.6) is 0 Å². The Balaban J connectivity index is 1.35. The molecule has 1 saturated heterocycles. The lowest BCUT2D eigenvalue weighted by Crippen LogP contribution is -2.46. The van der Waals surface area contributed by atoms with Crippen LogP contribution >= 0.6 is 11.3 Å². The maximum absolute atomic E-state index is 13.0. The first kappa shape index (κ1) is 18.7. The third-order valence-electron chi connectivity index (χ3n) is 5.52. The summed E-state index contributed by atoms with van der Waals surface area (Å²) in [5, 5.41) is 5.09. The first-order valence-corrected chi connectivity index (χ1v) is 10.7. The monoisotopic (exact) mass is 395 g/mol. The normalized spacial score (nSPS) is 17.0. The minimum absolute atomic E-state index is 0.0210. The Kier molecular flexibility index (Phi) is 5.48. The molecule has 0 unspecified atom stereocenters. The van der Waals surface area contributed by atoms with Gasteiger partial charge in [-0.2, -0.15) is 0 Å². The van der Waals surface area contributed by atoms with Gasteiger partial charge in [-0.15, -0.1) is 11.3 Å². The number of rotatable bonds is 5. The molecule has 1 fully saturated rings. The van der Waals surface area contributed by atoms with E-state index >= 15 is 0 Å². The summed E-state index contributed by atoms with van der Waals surface area (Å²) in [6, 6.07) is 14.1. The van der Waals surface area contributed by atoms with Gasteiger partial charge in [0.05, 0.1) is 16.1 Å². The molecule has 1 N–H and O–H groups in total. The van der Waals surface area contributed by atoms with Crippen LogP contribution in [0, 0.1) is 5.92 Å². The van der Waals surface area contributed by atoms with Gasteiger partial charge >= 0.3 is 0 Å². The van der Waals surface area contributed by atoms with Crippen molar-refractivity contribution >= 4 is 33.4 Å². The highest BCUT2D eigenvalue weighted by atomic mass is 32.1. The van der Waals surface area contributed by atoms with Gasteiger partial charge in [-0.1, -0.05) is 30.3 Å². The van der Waals surface area contributed by atoms with E-state index in [2.05, 4.69) is 17.4 Å². The van der Waals surface area contributed by atoms with Crippen molar-refractivity contribution < 1.29 is 9.59 Å². The molecule has 28 heavy (non-hydrogen) atoms. The highest BCUT2D eigenvalue weighted by molar-refractivity contribution is 7.17. The fraction of sp³-hybridized carbons (Fsp3) is 0.364. The van der Waals surface area contributed by atoms with Crippen LogP contribution in [0.2, 0.25) is 0 Å². The number of piperidine rings is 1. The number of amides is 2. The molecule has 0 bridgehead atoms. The number of nitrogens with zero attached hydrogens (tertiary/aromatic N) is 2. The lowest BCUT2D eigenvalue weighted by molar-refractivity contribution is -0.126. The topological polar surface area (TPSA) is 54.3 Å². The Bertz CT molecular complexity index is 976. The van der Waals surface area contributed by atoms with Crippen LogP contribution in [-0.4, -0.2) is 40.9 Å². The summed E-state index contributed by atoms with van der Waals surface area (Å²) < 4.78 is 3.08. The van der Waals surface area contributed by atoms with E-state index in [0.29, 0.717) is 25.3 Å². The molecule has 3 aromatic rings. The van der Waals surface area contributed by atoms with Gasteiger partial charge in [0.15, 0.2) is 0 Å². The van der Waals surface area contributed by atoms with E-state index in [4.69, 9.17) is 0 Å². The van der Waals surface area contributed by atoms with Crippen LogP contribution in [0.15, 0.2) is 47.8 Å². The van der Waals surface area contributed by atoms with Crippen molar-refractivity contribution in [1.29, 1.82) is 0 Å². The molecule has 1 atom stereocenters. The van der Waals surface area contributed by atoms with E-state index in [9.17, 15) is 9.59 Å². The summed E-state index contributed by atoms with van der Waals surface area (Å²) in [5.74, 6) is -0.0520. The smallest absolute Gasteiger partial charge is 0.270 e. The van der Waals surface area contributed by atoms with Crippen LogP contribution in [0.4, 0.5) is 0 Å². The molecule has 0 radical (unpaired) electrons. The lowest BCUT2D eigenvalue weighted by Gasteiger charge is -2.32. The Hall–Kier alpha value is -2.60. The Morgan fingerprint density at radius 2 is 2.04 bits per heavy atom. The molecular formula is C22H25N3O2S.